The molecule has 2 aliphatic rings. The van der Waals surface area contributed by atoms with Gasteiger partial charge in [-0.1, -0.05) is 19.4 Å². The molecule has 1 saturated heterocycles. The Labute approximate surface area is 240 Å². The van der Waals surface area contributed by atoms with Crippen molar-refractivity contribution in [3.63, 3.8) is 0 Å². The number of piperidine rings is 1. The normalized spacial score (nSPS) is 21.6. The first kappa shape index (κ1) is 32.0. The first-order valence-corrected chi connectivity index (χ1v) is 14.9. The summed E-state index contributed by atoms with van der Waals surface area (Å²) >= 11 is 0. The third-order valence-electron chi connectivity index (χ3n) is 7.27. The number of hydrogen-bond donors (Lipinski definition) is 1. The quantitative estimate of drug-likeness (QED) is 0.226. The molecule has 2 aromatic rings. The number of halogens is 8. The van der Waals surface area contributed by atoms with Gasteiger partial charge in [0.2, 0.25) is 17.7 Å². The molecule has 2 unspecified atom stereocenters. The second kappa shape index (κ2) is 10.6. The summed E-state index contributed by atoms with van der Waals surface area (Å²) in [5.41, 5.74) is -0.860. The molecule has 43 heavy (non-hydrogen) atoms. The van der Waals surface area contributed by atoms with E-state index >= 15 is 0 Å². The molecule has 4 rings (SSSR count). The first-order valence-electron chi connectivity index (χ1n) is 12.9. The average Bonchev–Trinajstić information content (AvgIpc) is 2.91. The maximum absolute atomic E-state index is 14.3. The molecule has 1 aromatic carbocycles. The predicted octanol–water partition coefficient (Wildman–Crippen LogP) is 6.02. The second-order valence-corrected chi connectivity index (χ2v) is 12.9. The Hall–Kier alpha value is -3.94. The van der Waals surface area contributed by atoms with E-state index in [1.807, 2.05) is 0 Å². The van der Waals surface area contributed by atoms with Crippen LogP contribution in [0.15, 0.2) is 47.6 Å². The number of pyridine rings is 1. The van der Waals surface area contributed by atoms with Crippen LogP contribution in [0, 0.1) is 23.2 Å². The molecule has 1 aliphatic heterocycles. The maximum atomic E-state index is 14.3. The summed E-state index contributed by atoms with van der Waals surface area (Å²) in [4.78, 5) is 43.5. The molecule has 1 aliphatic carbocycles. The van der Waals surface area contributed by atoms with Crippen LogP contribution in [0.1, 0.15) is 43.7 Å². The summed E-state index contributed by atoms with van der Waals surface area (Å²) in [5.74, 6) is -8.50. The van der Waals surface area contributed by atoms with Gasteiger partial charge in [-0.05, 0) is 43.2 Å². The number of carbonyl (C=O) groups excluding carboxylic acids is 3. The fourth-order valence-corrected chi connectivity index (χ4v) is 5.69. The van der Waals surface area contributed by atoms with E-state index in [4.69, 9.17) is 0 Å². The summed E-state index contributed by atoms with van der Waals surface area (Å²) in [6.07, 6.45) is 1.76. The Morgan fingerprint density at radius 1 is 1.09 bits per heavy atom. The van der Waals surface area contributed by atoms with E-state index in [9.17, 15) is 52.2 Å². The number of benzene rings is 1. The van der Waals surface area contributed by atoms with E-state index in [-0.39, 0.29) is 43.5 Å². The number of alkyl halides is 2. The Morgan fingerprint density at radius 2 is 1.72 bits per heavy atom. The lowest BCUT2D eigenvalue weighted by molar-refractivity contribution is -0.137. The van der Waals surface area contributed by atoms with Crippen molar-refractivity contribution in [2.75, 3.05) is 18.0 Å². The standard InChI is InChI=1S/C26H25F8N5O3S/c27-17-11-16(12-36-13-17)23(24(41)37-18-5-8-26(28,29)9-6-18)39(25(42)21-14-38(15-35)10-7-22(21)40)19-1-3-20(4-2-19)43(30,31,32,33)34/h1-4,11-13,18,21,23H,5-10,14H2,(H,37,41). The molecule has 0 radical (unpaired) electrons. The summed E-state index contributed by atoms with van der Waals surface area (Å²) in [7, 11) is -10.2. The minimum absolute atomic E-state index is 0.00343. The lowest BCUT2D eigenvalue weighted by Crippen LogP contribution is -2.53. The highest BCUT2D eigenvalue weighted by Crippen LogP contribution is 3.02. The van der Waals surface area contributed by atoms with Crippen LogP contribution in [0.5, 0.6) is 0 Å². The Balaban J connectivity index is 1.83. The molecule has 8 nitrogen and oxygen atoms in total. The zero-order chi connectivity index (χ0) is 31.9. The van der Waals surface area contributed by atoms with Gasteiger partial charge in [-0.3, -0.25) is 24.3 Å². The Morgan fingerprint density at radius 3 is 2.28 bits per heavy atom. The highest BCUT2D eigenvalue weighted by atomic mass is 32.5. The van der Waals surface area contributed by atoms with Crippen LogP contribution < -0.4 is 10.2 Å². The van der Waals surface area contributed by atoms with Crippen molar-refractivity contribution in [1.29, 1.82) is 5.26 Å². The number of aromatic nitrogens is 1. The van der Waals surface area contributed by atoms with Crippen LogP contribution >= 0.6 is 10.2 Å². The van der Waals surface area contributed by atoms with Crippen LogP contribution in [0.4, 0.5) is 38.3 Å². The summed E-state index contributed by atoms with van der Waals surface area (Å²) in [6.45, 7) is -0.483. The number of ketones is 1. The SMILES string of the molecule is N#CN1CCC(=O)C(C(=O)N(c2ccc(S(F)(F)(F)(F)F)cc2)C(C(=O)NC2CCC(F)(F)CC2)c2cncc(F)c2)C1. The number of amides is 2. The number of carbonyl (C=O) groups is 3. The number of likely N-dealkylation sites (tertiary alicyclic amines) is 1. The van der Waals surface area contributed by atoms with E-state index < -0.39 is 87.5 Å². The minimum Gasteiger partial charge on any atom is -0.351 e. The van der Waals surface area contributed by atoms with Crippen LogP contribution in [0.3, 0.4) is 0 Å². The fourth-order valence-electron chi connectivity index (χ4n) is 5.03. The van der Waals surface area contributed by atoms with Crippen molar-refractivity contribution in [3.8, 4) is 6.19 Å². The number of nitriles is 1. The van der Waals surface area contributed by atoms with E-state index in [1.54, 1.807) is 6.19 Å². The number of nitrogens with one attached hydrogen (secondary N) is 1. The molecular weight excluding hydrogens is 614 g/mol. The molecule has 17 heteroatoms. The van der Waals surface area contributed by atoms with Crippen molar-refractivity contribution in [2.24, 2.45) is 5.92 Å². The Kier molecular flexibility index (Phi) is 7.92. The predicted molar refractivity (Wildman–Crippen MR) is 138 cm³/mol. The number of rotatable bonds is 7. The smallest absolute Gasteiger partial charge is 0.310 e. The molecule has 2 fully saturated rings. The van der Waals surface area contributed by atoms with Crippen molar-refractivity contribution < 1.29 is 47.0 Å². The monoisotopic (exact) mass is 639 g/mol. The number of Topliss-reactive ketones (excluding diaryl/α,β-unsaturated/α-hetero) is 1. The van der Waals surface area contributed by atoms with Crippen molar-refractivity contribution in [1.82, 2.24) is 15.2 Å². The Bertz CT molecular complexity index is 1460. The van der Waals surface area contributed by atoms with Crippen molar-refractivity contribution in [3.05, 3.63) is 54.1 Å². The highest BCUT2D eigenvalue weighted by Gasteiger charge is 2.65. The van der Waals surface area contributed by atoms with Crippen LogP contribution in [0.25, 0.3) is 0 Å². The highest BCUT2D eigenvalue weighted by molar-refractivity contribution is 8.45. The van der Waals surface area contributed by atoms with Crippen molar-refractivity contribution in [2.45, 2.75) is 55.0 Å². The topological polar surface area (TPSA) is 106 Å². The van der Waals surface area contributed by atoms with Gasteiger partial charge in [0.1, 0.15) is 28.5 Å². The molecule has 2 heterocycles. The molecule has 1 saturated carbocycles. The average molecular weight is 640 g/mol. The summed E-state index contributed by atoms with van der Waals surface area (Å²) in [6, 6.07) is -0.973. The maximum Gasteiger partial charge on any atom is 0.310 e. The lowest BCUT2D eigenvalue weighted by atomic mass is 9.91. The van der Waals surface area contributed by atoms with E-state index in [0.29, 0.717) is 17.0 Å². The molecule has 0 spiro atoms. The fraction of sp³-hybridized carbons (Fsp3) is 0.423. The molecule has 1 N–H and O–H groups in total. The molecule has 1 aromatic heterocycles. The largest absolute Gasteiger partial charge is 0.351 e. The van der Waals surface area contributed by atoms with Gasteiger partial charge < -0.3 is 10.2 Å². The first-order chi connectivity index (χ1) is 19.8. The van der Waals surface area contributed by atoms with Gasteiger partial charge in [-0.15, -0.1) is 0 Å². The minimum atomic E-state index is -10.2. The molecular formula is C26H25F8N5O3S. The molecule has 2 amide bonds. The summed E-state index contributed by atoms with van der Waals surface area (Å²) in [5, 5.41) is 11.8. The van der Waals surface area contributed by atoms with Crippen molar-refractivity contribution >= 4 is 33.5 Å². The third-order valence-corrected chi connectivity index (χ3v) is 8.43. The number of hydrogen-bond acceptors (Lipinski definition) is 6. The van der Waals surface area contributed by atoms with Gasteiger partial charge in [0.15, 0.2) is 6.19 Å². The number of nitrogens with zero attached hydrogens (tertiary/aromatic N) is 4. The van der Waals surface area contributed by atoms with Gasteiger partial charge >= 0.3 is 10.2 Å². The summed E-state index contributed by atoms with van der Waals surface area (Å²) < 4.78 is 109. The lowest BCUT2D eigenvalue weighted by Gasteiger charge is -2.41. The van der Waals surface area contributed by atoms with Gasteiger partial charge in [0.05, 0.1) is 6.20 Å². The van der Waals surface area contributed by atoms with Crippen LogP contribution in [0.2, 0.25) is 0 Å². The van der Waals surface area contributed by atoms with E-state index in [0.717, 1.165) is 23.4 Å². The molecule has 234 valence electrons. The third kappa shape index (κ3) is 7.53. The van der Waals surface area contributed by atoms with E-state index in [2.05, 4.69) is 10.3 Å². The second-order valence-electron chi connectivity index (χ2n) is 10.5. The van der Waals surface area contributed by atoms with Gasteiger partial charge in [0.25, 0.3) is 0 Å². The molecule has 0 bridgehead atoms. The van der Waals surface area contributed by atoms with E-state index in [1.165, 1.54) is 0 Å². The number of anilines is 1. The van der Waals surface area contributed by atoms with Crippen LogP contribution in [-0.4, -0.2) is 52.5 Å². The van der Waals surface area contributed by atoms with Crippen LogP contribution in [-0.2, 0) is 14.4 Å². The zero-order valence-electron chi connectivity index (χ0n) is 22.2. The molecule has 2 atom stereocenters. The van der Waals surface area contributed by atoms with Gasteiger partial charge in [-0.25, -0.2) is 13.2 Å². The van der Waals surface area contributed by atoms with Gasteiger partial charge in [0, 0.05) is 55.8 Å². The zero-order valence-corrected chi connectivity index (χ0v) is 23.0. The van der Waals surface area contributed by atoms with Gasteiger partial charge in [-0.2, -0.15) is 5.26 Å².